The van der Waals surface area contributed by atoms with Gasteiger partial charge in [-0.2, -0.15) is 0 Å². The van der Waals surface area contributed by atoms with Crippen LogP contribution in [-0.2, 0) is 0 Å². The molecule has 0 unspecified atom stereocenters. The molecule has 0 atom stereocenters. The Morgan fingerprint density at radius 1 is 1.60 bits per heavy atom. The van der Waals surface area contributed by atoms with Crippen LogP contribution in [0, 0.1) is 5.41 Å². The highest BCUT2D eigenvalue weighted by atomic mass is 16.3. The van der Waals surface area contributed by atoms with Gasteiger partial charge < -0.3 is 4.42 Å². The fourth-order valence-electron chi connectivity index (χ4n) is 0.825. The second kappa shape index (κ2) is 1.70. The Morgan fingerprint density at radius 2 is 2.50 bits per heavy atom. The summed E-state index contributed by atoms with van der Waals surface area (Å²) >= 11 is 0. The van der Waals surface area contributed by atoms with Crippen LogP contribution < -0.4 is 5.36 Å². The minimum atomic E-state index is 0.428. The maximum Gasteiger partial charge on any atom is 0.199 e. The highest BCUT2D eigenvalue weighted by Gasteiger charge is 2.00. The summed E-state index contributed by atoms with van der Waals surface area (Å²) in [6.07, 6.45) is 4.54. The summed E-state index contributed by atoms with van der Waals surface area (Å²) in [6, 6.07) is 1.66. The summed E-state index contributed by atoms with van der Waals surface area (Å²) < 4.78 is 6.37. The van der Waals surface area contributed by atoms with E-state index >= 15 is 0 Å². The van der Waals surface area contributed by atoms with E-state index in [0.717, 1.165) is 0 Å². The van der Waals surface area contributed by atoms with Gasteiger partial charge in [-0.05, 0) is 6.07 Å². The van der Waals surface area contributed by atoms with Crippen molar-refractivity contribution in [1.29, 1.82) is 5.41 Å². The fraction of sp³-hybridized carbons (Fsp3) is 0. The zero-order chi connectivity index (χ0) is 6.97. The van der Waals surface area contributed by atoms with Crippen LogP contribution in [0.3, 0.4) is 0 Å². The molecule has 4 heteroatoms. The van der Waals surface area contributed by atoms with Gasteiger partial charge in [0.1, 0.15) is 12.0 Å². The van der Waals surface area contributed by atoms with Crippen LogP contribution in [0.1, 0.15) is 0 Å². The van der Waals surface area contributed by atoms with Gasteiger partial charge in [-0.1, -0.05) is 0 Å². The summed E-state index contributed by atoms with van der Waals surface area (Å²) in [4.78, 5) is 0. The Bertz CT molecular complexity index is 362. The third-order valence-corrected chi connectivity index (χ3v) is 1.32. The average molecular weight is 135 g/mol. The van der Waals surface area contributed by atoms with Gasteiger partial charge in [0.15, 0.2) is 6.39 Å². The molecule has 0 radical (unpaired) electrons. The molecule has 2 heterocycles. The highest BCUT2D eigenvalue weighted by Crippen LogP contribution is 1.98. The lowest BCUT2D eigenvalue weighted by Gasteiger charge is -1.95. The zero-order valence-electron chi connectivity index (χ0n) is 5.11. The minimum absolute atomic E-state index is 0.428. The maximum atomic E-state index is 7.32. The molecule has 0 saturated heterocycles. The number of aromatic nitrogens is 2. The van der Waals surface area contributed by atoms with E-state index in [4.69, 9.17) is 9.83 Å². The molecule has 0 aromatic carbocycles. The molecule has 10 heavy (non-hydrogen) atoms. The number of fused-ring (bicyclic) bond motifs is 1. The van der Waals surface area contributed by atoms with Crippen LogP contribution in [-0.4, -0.2) is 9.78 Å². The smallest absolute Gasteiger partial charge is 0.199 e. The van der Waals surface area contributed by atoms with Crippen molar-refractivity contribution >= 4 is 0 Å². The highest BCUT2D eigenvalue weighted by molar-refractivity contribution is 5.25. The van der Waals surface area contributed by atoms with E-state index in [-0.39, 0.29) is 0 Å². The summed E-state index contributed by atoms with van der Waals surface area (Å²) in [5.41, 5.74) is 0.683. The molecular weight excluding hydrogens is 130 g/mol. The van der Waals surface area contributed by atoms with Crippen molar-refractivity contribution in [2.45, 2.75) is 0 Å². The molecule has 2 aliphatic heterocycles. The largest absolute Gasteiger partial charge is 0.449 e. The average Bonchev–Trinajstić information content (AvgIpc) is 2.34. The molecule has 0 saturated carbocycles. The van der Waals surface area contributed by atoms with Gasteiger partial charge in [-0.25, -0.2) is 4.68 Å². The topological polar surface area (TPSA) is 54.8 Å². The van der Waals surface area contributed by atoms with Crippen molar-refractivity contribution in [3.63, 3.8) is 0 Å². The van der Waals surface area contributed by atoms with Crippen molar-refractivity contribution in [3.05, 3.63) is 30.3 Å². The maximum absolute atomic E-state index is 7.32. The van der Waals surface area contributed by atoms with Crippen LogP contribution in [0.2, 0.25) is 0 Å². The number of hydrogen-bond acceptors (Lipinski definition) is 3. The van der Waals surface area contributed by atoms with E-state index in [1.807, 2.05) is 0 Å². The molecule has 4 nitrogen and oxygen atoms in total. The number of nitrogens with zero attached hydrogens (tertiary/aromatic N) is 2. The number of nitrogens with one attached hydrogen (secondary N) is 1. The predicted octanol–water partition coefficient (Wildman–Crippen LogP) is 0.383. The zero-order valence-corrected chi connectivity index (χ0v) is 5.11. The van der Waals surface area contributed by atoms with Gasteiger partial charge in [0.25, 0.3) is 0 Å². The van der Waals surface area contributed by atoms with Crippen molar-refractivity contribution < 1.29 is 4.42 Å². The van der Waals surface area contributed by atoms with Gasteiger partial charge in [0.2, 0.25) is 0 Å². The molecule has 1 N–H and O–H groups in total. The first-order valence-electron chi connectivity index (χ1n) is 2.82. The van der Waals surface area contributed by atoms with E-state index in [0.29, 0.717) is 11.0 Å². The molecule has 2 aliphatic rings. The first kappa shape index (κ1) is 5.22. The molecule has 0 spiro atoms. The summed E-state index contributed by atoms with van der Waals surface area (Å²) in [5.74, 6) is 0. The number of rotatable bonds is 0. The summed E-state index contributed by atoms with van der Waals surface area (Å²) in [6.45, 7) is 0. The van der Waals surface area contributed by atoms with Gasteiger partial charge in [-0.3, -0.25) is 5.41 Å². The van der Waals surface area contributed by atoms with Crippen molar-refractivity contribution in [1.82, 2.24) is 9.78 Å². The van der Waals surface area contributed by atoms with Crippen molar-refractivity contribution in [3.8, 4) is 5.69 Å². The van der Waals surface area contributed by atoms with Gasteiger partial charge in [0, 0.05) is 6.20 Å². The predicted molar refractivity (Wildman–Crippen MR) is 32.9 cm³/mol. The molecule has 2 rings (SSSR count). The Hall–Kier alpha value is -1.58. The lowest BCUT2D eigenvalue weighted by atomic mass is 10.5. The van der Waals surface area contributed by atoms with E-state index in [1.54, 1.807) is 16.9 Å². The SMILES string of the molecule is N=c1ccn2ncocc1-2. The lowest BCUT2D eigenvalue weighted by molar-refractivity contribution is 0.493. The molecule has 0 amide bonds. The molecule has 0 aromatic rings. The molecular formula is C6H5N3O. The normalized spacial score (nSPS) is 10.4. The summed E-state index contributed by atoms with van der Waals surface area (Å²) in [5, 5.41) is 11.6. The molecule has 0 bridgehead atoms. The Balaban J connectivity index is 2.91. The van der Waals surface area contributed by atoms with E-state index in [9.17, 15) is 0 Å². The second-order valence-corrected chi connectivity index (χ2v) is 1.93. The second-order valence-electron chi connectivity index (χ2n) is 1.93. The van der Waals surface area contributed by atoms with Crippen LogP contribution >= 0.6 is 0 Å². The van der Waals surface area contributed by atoms with Crippen LogP contribution in [0.5, 0.6) is 0 Å². The standard InChI is InChI=1S/C6H5N3O/c7-5-1-2-9-6(5)3-10-4-8-9/h1-4,7H. The Labute approximate surface area is 56.6 Å². The van der Waals surface area contributed by atoms with Crippen molar-refractivity contribution in [2.75, 3.05) is 0 Å². The fourth-order valence-corrected chi connectivity index (χ4v) is 0.825. The molecule has 50 valence electrons. The van der Waals surface area contributed by atoms with Crippen LogP contribution in [0.4, 0.5) is 0 Å². The van der Waals surface area contributed by atoms with Gasteiger partial charge in [-0.15, -0.1) is 5.10 Å². The Morgan fingerprint density at radius 3 is 3.30 bits per heavy atom. The van der Waals surface area contributed by atoms with Crippen molar-refractivity contribution in [2.24, 2.45) is 0 Å². The van der Waals surface area contributed by atoms with E-state index < -0.39 is 0 Å². The molecule has 0 fully saturated rings. The molecule has 0 aromatic heterocycles. The quantitative estimate of drug-likeness (QED) is 0.567. The van der Waals surface area contributed by atoms with Crippen LogP contribution in [0.15, 0.2) is 29.3 Å². The van der Waals surface area contributed by atoms with Gasteiger partial charge in [0.05, 0.1) is 5.36 Å². The van der Waals surface area contributed by atoms with E-state index in [2.05, 4.69) is 5.10 Å². The lowest BCUT2D eigenvalue weighted by Crippen LogP contribution is -2.04. The van der Waals surface area contributed by atoms with E-state index in [1.165, 1.54) is 12.7 Å². The first-order chi connectivity index (χ1) is 4.88. The monoisotopic (exact) mass is 135 g/mol. The minimum Gasteiger partial charge on any atom is -0.449 e. The number of hydrogen-bond donors (Lipinski definition) is 1. The molecule has 0 aliphatic carbocycles. The first-order valence-corrected chi connectivity index (χ1v) is 2.82. The van der Waals surface area contributed by atoms with Gasteiger partial charge >= 0.3 is 0 Å². The summed E-state index contributed by atoms with van der Waals surface area (Å²) in [7, 11) is 0. The third kappa shape index (κ3) is 0.556. The van der Waals surface area contributed by atoms with Crippen LogP contribution in [0.25, 0.3) is 5.69 Å². The third-order valence-electron chi connectivity index (χ3n) is 1.32. The Kier molecular flexibility index (Phi) is 0.887.